The highest BCUT2D eigenvalue weighted by atomic mass is 16.5. The summed E-state index contributed by atoms with van der Waals surface area (Å²) in [7, 11) is 1.63. The number of carbonyl (C=O) groups is 1. The summed E-state index contributed by atoms with van der Waals surface area (Å²) in [6, 6.07) is 20.6. The number of fused-ring (bicyclic) bond motifs is 3. The molecule has 0 spiro atoms. The Balaban J connectivity index is 1.27. The van der Waals surface area contributed by atoms with E-state index in [1.165, 1.54) is 36.8 Å². The zero-order valence-corrected chi connectivity index (χ0v) is 20.3. The van der Waals surface area contributed by atoms with Crippen molar-refractivity contribution in [1.29, 1.82) is 0 Å². The molecule has 2 bridgehead atoms. The number of hydrogen-bond acceptors (Lipinski definition) is 4. The quantitative estimate of drug-likeness (QED) is 0.498. The summed E-state index contributed by atoms with van der Waals surface area (Å²) >= 11 is 0. The van der Waals surface area contributed by atoms with Gasteiger partial charge in [0.05, 0.1) is 23.7 Å². The van der Waals surface area contributed by atoms with Crippen LogP contribution in [0.1, 0.15) is 62.0 Å². The van der Waals surface area contributed by atoms with E-state index in [4.69, 9.17) is 9.72 Å². The first-order valence-electron chi connectivity index (χ1n) is 12.7. The molecule has 3 aromatic rings. The van der Waals surface area contributed by atoms with Crippen molar-refractivity contribution in [2.75, 3.05) is 20.3 Å². The van der Waals surface area contributed by atoms with Gasteiger partial charge in [-0.15, -0.1) is 0 Å². The SMILES string of the molecule is COCCC(=O)N[C@@H](CCN1[C@@H]2CC[C@H]1C[C@@H](n1c(C)nc3ccccc31)C2)c1ccccc1. The topological polar surface area (TPSA) is 59.4 Å². The second-order valence-corrected chi connectivity index (χ2v) is 9.83. The van der Waals surface area contributed by atoms with Crippen LogP contribution < -0.4 is 5.32 Å². The molecule has 2 saturated heterocycles. The highest BCUT2D eigenvalue weighted by Crippen LogP contribution is 2.42. The van der Waals surface area contributed by atoms with E-state index in [1.54, 1.807) is 7.11 Å². The van der Waals surface area contributed by atoms with E-state index in [1.807, 2.05) is 6.07 Å². The number of piperidine rings is 1. The number of aryl methyl sites for hydroxylation is 1. The van der Waals surface area contributed by atoms with Gasteiger partial charge in [0.15, 0.2) is 0 Å². The number of aromatic nitrogens is 2. The molecule has 5 rings (SSSR count). The number of hydrogen-bond donors (Lipinski definition) is 1. The molecule has 0 radical (unpaired) electrons. The Kier molecular flexibility index (Phi) is 6.97. The number of carbonyl (C=O) groups excluding carboxylic acids is 1. The van der Waals surface area contributed by atoms with E-state index >= 15 is 0 Å². The van der Waals surface area contributed by atoms with Gasteiger partial charge in [0.25, 0.3) is 0 Å². The predicted octanol–water partition coefficient (Wildman–Crippen LogP) is 4.80. The first-order valence-corrected chi connectivity index (χ1v) is 12.7. The van der Waals surface area contributed by atoms with E-state index < -0.39 is 0 Å². The summed E-state index contributed by atoms with van der Waals surface area (Å²) in [6.07, 6.45) is 6.20. The van der Waals surface area contributed by atoms with Crippen molar-refractivity contribution in [3.05, 3.63) is 66.0 Å². The van der Waals surface area contributed by atoms with Gasteiger partial charge >= 0.3 is 0 Å². The molecule has 1 amide bonds. The van der Waals surface area contributed by atoms with Crippen LogP contribution in [0.25, 0.3) is 11.0 Å². The Labute approximate surface area is 202 Å². The number of nitrogens with one attached hydrogen (secondary N) is 1. The molecule has 180 valence electrons. The minimum Gasteiger partial charge on any atom is -0.384 e. The van der Waals surface area contributed by atoms with Crippen molar-refractivity contribution in [3.8, 4) is 0 Å². The van der Waals surface area contributed by atoms with Crippen molar-refractivity contribution >= 4 is 16.9 Å². The van der Waals surface area contributed by atoms with Crippen molar-refractivity contribution in [1.82, 2.24) is 19.8 Å². The van der Waals surface area contributed by atoms with Gasteiger partial charge in [-0.3, -0.25) is 9.69 Å². The molecule has 3 heterocycles. The molecule has 0 saturated carbocycles. The first-order chi connectivity index (χ1) is 16.6. The minimum absolute atomic E-state index is 0.0301. The van der Waals surface area contributed by atoms with Gasteiger partial charge in [0, 0.05) is 38.2 Å². The van der Waals surface area contributed by atoms with E-state index in [9.17, 15) is 4.79 Å². The van der Waals surface area contributed by atoms with Crippen molar-refractivity contribution in [3.63, 3.8) is 0 Å². The number of para-hydroxylation sites is 2. The highest BCUT2D eigenvalue weighted by molar-refractivity contribution is 5.76. The number of rotatable bonds is 9. The van der Waals surface area contributed by atoms with Crippen LogP contribution in [0.3, 0.4) is 0 Å². The number of nitrogens with zero attached hydrogens (tertiary/aromatic N) is 3. The maximum absolute atomic E-state index is 12.5. The summed E-state index contributed by atoms with van der Waals surface area (Å²) < 4.78 is 7.58. The fourth-order valence-electron chi connectivity index (χ4n) is 6.19. The van der Waals surface area contributed by atoms with E-state index in [-0.39, 0.29) is 11.9 Å². The molecule has 2 aliphatic heterocycles. The van der Waals surface area contributed by atoms with Crippen molar-refractivity contribution in [2.24, 2.45) is 0 Å². The third-order valence-corrected chi connectivity index (χ3v) is 7.74. The maximum Gasteiger partial charge on any atom is 0.222 e. The molecule has 2 aromatic carbocycles. The molecule has 6 heteroatoms. The van der Waals surface area contributed by atoms with Gasteiger partial charge < -0.3 is 14.6 Å². The minimum atomic E-state index is 0.0301. The fourth-order valence-corrected chi connectivity index (χ4v) is 6.19. The lowest BCUT2D eigenvalue weighted by atomic mass is 9.95. The third kappa shape index (κ3) is 4.75. The molecular formula is C28H36N4O2. The Hall–Kier alpha value is -2.70. The number of methoxy groups -OCH3 is 1. The summed E-state index contributed by atoms with van der Waals surface area (Å²) in [5.41, 5.74) is 3.54. The molecule has 1 N–H and O–H groups in total. The zero-order chi connectivity index (χ0) is 23.5. The van der Waals surface area contributed by atoms with E-state index in [0.717, 1.165) is 24.3 Å². The van der Waals surface area contributed by atoms with Gasteiger partial charge in [-0.2, -0.15) is 0 Å². The number of imidazole rings is 1. The van der Waals surface area contributed by atoms with Crippen LogP contribution >= 0.6 is 0 Å². The standard InChI is InChI=1S/C28H36N4O2/c1-20-29-26-10-6-7-11-27(26)32(20)24-18-22-12-13-23(19-24)31(22)16-14-25(21-8-4-3-5-9-21)30-28(33)15-17-34-2/h3-11,22-25H,12-19H2,1-2H3,(H,30,33)/t22-,23+,24+,25-/m0/s1. The van der Waals surface area contributed by atoms with Crippen LogP contribution in [0.4, 0.5) is 0 Å². The molecule has 2 aliphatic rings. The zero-order valence-electron chi connectivity index (χ0n) is 20.3. The molecule has 0 aliphatic carbocycles. The Bertz CT molecular complexity index is 1100. The highest BCUT2D eigenvalue weighted by Gasteiger charge is 2.41. The summed E-state index contributed by atoms with van der Waals surface area (Å²) in [4.78, 5) is 20.0. The Morgan fingerprint density at radius 1 is 1.06 bits per heavy atom. The molecule has 4 atom stereocenters. The first kappa shape index (κ1) is 23.1. The smallest absolute Gasteiger partial charge is 0.222 e. The summed E-state index contributed by atoms with van der Waals surface area (Å²) in [5.74, 6) is 1.18. The van der Waals surface area contributed by atoms with Crippen LogP contribution in [0.15, 0.2) is 54.6 Å². The fraction of sp³-hybridized carbons (Fsp3) is 0.500. The molecule has 1 aromatic heterocycles. The van der Waals surface area contributed by atoms with Gasteiger partial charge in [0.2, 0.25) is 5.91 Å². The Morgan fingerprint density at radius 2 is 1.76 bits per heavy atom. The van der Waals surface area contributed by atoms with Crippen LogP contribution in [0, 0.1) is 6.92 Å². The van der Waals surface area contributed by atoms with Gasteiger partial charge in [-0.25, -0.2) is 4.98 Å². The maximum atomic E-state index is 12.5. The molecule has 34 heavy (non-hydrogen) atoms. The molecular weight excluding hydrogens is 424 g/mol. The second-order valence-electron chi connectivity index (χ2n) is 9.83. The largest absolute Gasteiger partial charge is 0.384 e. The van der Waals surface area contributed by atoms with E-state index in [0.29, 0.717) is 31.2 Å². The normalized spacial score (nSPS) is 23.3. The van der Waals surface area contributed by atoms with Gasteiger partial charge in [-0.05, 0) is 56.7 Å². The summed E-state index contributed by atoms with van der Waals surface area (Å²) in [6.45, 7) is 3.61. The molecule has 6 nitrogen and oxygen atoms in total. The molecule has 2 fully saturated rings. The average molecular weight is 461 g/mol. The van der Waals surface area contributed by atoms with Gasteiger partial charge in [-0.1, -0.05) is 42.5 Å². The number of benzene rings is 2. The lowest BCUT2D eigenvalue weighted by molar-refractivity contribution is -0.122. The third-order valence-electron chi connectivity index (χ3n) is 7.74. The van der Waals surface area contributed by atoms with Crippen LogP contribution in [0.2, 0.25) is 0 Å². The van der Waals surface area contributed by atoms with Crippen molar-refractivity contribution in [2.45, 2.75) is 69.6 Å². The van der Waals surface area contributed by atoms with E-state index in [2.05, 4.69) is 70.2 Å². The average Bonchev–Trinajstić information content (AvgIpc) is 3.31. The van der Waals surface area contributed by atoms with Gasteiger partial charge in [0.1, 0.15) is 5.82 Å². The Morgan fingerprint density at radius 3 is 2.50 bits per heavy atom. The predicted molar refractivity (Wildman–Crippen MR) is 135 cm³/mol. The number of amides is 1. The van der Waals surface area contributed by atoms with Crippen LogP contribution in [-0.2, 0) is 9.53 Å². The lowest BCUT2D eigenvalue weighted by Gasteiger charge is -2.40. The number of ether oxygens (including phenoxy) is 1. The van der Waals surface area contributed by atoms with Crippen LogP contribution in [-0.4, -0.2) is 52.7 Å². The second kappa shape index (κ2) is 10.3. The monoisotopic (exact) mass is 460 g/mol. The molecule has 0 unspecified atom stereocenters. The van der Waals surface area contributed by atoms with Crippen molar-refractivity contribution < 1.29 is 9.53 Å². The summed E-state index contributed by atoms with van der Waals surface area (Å²) in [5, 5.41) is 3.26. The van der Waals surface area contributed by atoms with Crippen LogP contribution in [0.5, 0.6) is 0 Å². The lowest BCUT2D eigenvalue weighted by Crippen LogP contribution is -2.45.